The molecule has 0 fully saturated rings. The van der Waals surface area contributed by atoms with Crippen molar-refractivity contribution < 1.29 is 42.4 Å². The topological polar surface area (TPSA) is 38.5 Å². The van der Waals surface area contributed by atoms with Gasteiger partial charge in [-0.05, 0) is 0 Å². The summed E-state index contributed by atoms with van der Waals surface area (Å²) in [6.07, 6.45) is 0. The third-order valence-corrected chi connectivity index (χ3v) is 0.298. The molecule has 0 aromatic heterocycles. The fourth-order valence-corrected chi connectivity index (χ4v) is 0.0745. The second kappa shape index (κ2) is 6.14. The molecule has 0 bridgehead atoms. The van der Waals surface area contributed by atoms with E-state index in [0.717, 1.165) is 0 Å². The van der Waals surface area contributed by atoms with E-state index in [-0.39, 0.29) is 32.8 Å². The van der Waals surface area contributed by atoms with Crippen LogP contribution in [0.3, 0.4) is 0 Å². The van der Waals surface area contributed by atoms with E-state index in [1.807, 2.05) is 0 Å². The van der Waals surface area contributed by atoms with Gasteiger partial charge in [-0.25, -0.2) is 0 Å². The maximum atomic E-state index is 9.65. The summed E-state index contributed by atoms with van der Waals surface area (Å²) in [6, 6.07) is 0. The van der Waals surface area contributed by atoms with E-state index in [9.17, 15) is 4.91 Å². The van der Waals surface area contributed by atoms with Crippen molar-refractivity contribution in [2.45, 2.75) is 0 Å². The molecule has 0 saturated heterocycles. The Hall–Kier alpha value is 0.135. The zero-order chi connectivity index (χ0) is 4.99. The Kier molecular flexibility index (Phi) is 8.93. The predicted octanol–water partition coefficient (Wildman–Crippen LogP) is -0.114. The Morgan fingerprint density at radius 3 is 1.57 bits per heavy atom. The van der Waals surface area contributed by atoms with Gasteiger partial charge in [-0.1, -0.05) is 0 Å². The minimum absolute atomic E-state index is 0. The molecule has 0 aromatic rings. The monoisotopic (exact) mass is 294 g/mol. The van der Waals surface area contributed by atoms with E-state index in [4.69, 9.17) is 0 Å². The minimum atomic E-state index is 0. The molecular formula is C2H6HgNO3+. The molecule has 0 aromatic carbocycles. The van der Waals surface area contributed by atoms with Crippen molar-refractivity contribution in [3.63, 3.8) is 0 Å². The largest absolute Gasteiger partial charge is 0.476 e. The van der Waals surface area contributed by atoms with Gasteiger partial charge in [0.2, 0.25) is 0 Å². The van der Waals surface area contributed by atoms with Gasteiger partial charge >= 0.3 is 5.09 Å². The Morgan fingerprint density at radius 2 is 1.57 bits per heavy atom. The SMILES string of the molecule is CO[N+](=O)OC.[Hg]. The number of hydrogen-bond acceptors (Lipinski definition) is 3. The number of rotatable bonds is 2. The van der Waals surface area contributed by atoms with E-state index in [2.05, 4.69) is 9.68 Å². The summed E-state index contributed by atoms with van der Waals surface area (Å²) >= 11 is 0. The summed E-state index contributed by atoms with van der Waals surface area (Å²) in [6.45, 7) is 0. The van der Waals surface area contributed by atoms with E-state index < -0.39 is 0 Å². The van der Waals surface area contributed by atoms with Crippen LogP contribution in [0.25, 0.3) is 0 Å². The first-order chi connectivity index (χ1) is 2.81. The van der Waals surface area contributed by atoms with Gasteiger partial charge in [0.05, 0.1) is 0 Å². The van der Waals surface area contributed by atoms with Gasteiger partial charge in [0, 0.05) is 27.7 Å². The molecule has 0 N–H and O–H groups in total. The van der Waals surface area contributed by atoms with Crippen molar-refractivity contribution in [1.29, 1.82) is 0 Å². The van der Waals surface area contributed by atoms with Gasteiger partial charge in [-0.2, -0.15) is 9.68 Å². The average molecular weight is 293 g/mol. The summed E-state index contributed by atoms with van der Waals surface area (Å²) in [7, 11) is 2.44. The number of nitrogens with zero attached hydrogens (tertiary/aromatic N) is 1. The molecule has 4 nitrogen and oxygen atoms in total. The molecule has 0 unspecified atom stereocenters. The third-order valence-electron chi connectivity index (χ3n) is 0.298. The predicted molar refractivity (Wildman–Crippen MR) is 17.6 cm³/mol. The van der Waals surface area contributed by atoms with Gasteiger partial charge in [0.1, 0.15) is 4.91 Å². The van der Waals surface area contributed by atoms with Crippen molar-refractivity contribution >= 4 is 0 Å². The molecule has 5 heteroatoms. The molecule has 0 spiro atoms. The van der Waals surface area contributed by atoms with Crippen molar-refractivity contribution in [3.05, 3.63) is 4.91 Å². The second-order valence-corrected chi connectivity index (χ2v) is 0.589. The minimum Gasteiger partial charge on any atom is -0.190 e. The molecular weight excluding hydrogens is 287 g/mol. The van der Waals surface area contributed by atoms with Crippen LogP contribution in [-0.4, -0.2) is 19.3 Å². The molecule has 0 saturated carbocycles. The zero-order valence-electron chi connectivity index (χ0n) is 4.38. The summed E-state index contributed by atoms with van der Waals surface area (Å²) in [5.74, 6) is 0. The van der Waals surface area contributed by atoms with Gasteiger partial charge in [-0.15, -0.1) is 0 Å². The van der Waals surface area contributed by atoms with Crippen LogP contribution in [0, 0.1) is 4.91 Å². The van der Waals surface area contributed by atoms with Crippen LogP contribution in [0.4, 0.5) is 0 Å². The molecule has 0 aliphatic carbocycles. The summed E-state index contributed by atoms with van der Waals surface area (Å²) in [5.41, 5.74) is 0. The number of hydrogen-bond donors (Lipinski definition) is 0. The summed E-state index contributed by atoms with van der Waals surface area (Å²) in [5, 5.41) is 0. The summed E-state index contributed by atoms with van der Waals surface area (Å²) in [4.78, 5) is 17.6. The van der Waals surface area contributed by atoms with Gasteiger partial charge in [0.25, 0.3) is 0 Å². The van der Waals surface area contributed by atoms with E-state index in [0.29, 0.717) is 0 Å². The smallest absolute Gasteiger partial charge is 0.190 e. The Labute approximate surface area is 61.8 Å². The fraction of sp³-hybridized carbons (Fsp3) is 1.00. The van der Waals surface area contributed by atoms with E-state index in [1.165, 1.54) is 14.2 Å². The first-order valence-corrected chi connectivity index (χ1v) is 1.36. The molecule has 0 heterocycles. The van der Waals surface area contributed by atoms with Gasteiger partial charge < -0.3 is 0 Å². The van der Waals surface area contributed by atoms with Gasteiger partial charge in [0.15, 0.2) is 14.2 Å². The maximum absolute atomic E-state index is 9.65. The first-order valence-electron chi connectivity index (χ1n) is 1.36. The molecule has 7 heavy (non-hydrogen) atoms. The Balaban J connectivity index is 0. The zero-order valence-corrected chi connectivity index (χ0v) is 9.88. The van der Waals surface area contributed by atoms with Crippen LogP contribution >= 0.6 is 0 Å². The van der Waals surface area contributed by atoms with Crippen LogP contribution in [0.15, 0.2) is 0 Å². The van der Waals surface area contributed by atoms with Crippen molar-refractivity contribution in [2.24, 2.45) is 0 Å². The normalized spacial score (nSPS) is 6.00. The molecule has 0 atom stereocenters. The van der Waals surface area contributed by atoms with Gasteiger partial charge in [-0.3, -0.25) is 0 Å². The van der Waals surface area contributed by atoms with Crippen molar-refractivity contribution in [3.8, 4) is 0 Å². The fourth-order valence-electron chi connectivity index (χ4n) is 0.0745. The average Bonchev–Trinajstić information content (AvgIpc) is 1.65. The van der Waals surface area contributed by atoms with E-state index >= 15 is 0 Å². The quantitative estimate of drug-likeness (QED) is 0.526. The second-order valence-electron chi connectivity index (χ2n) is 0.589. The standard InChI is InChI=1S/C2H6NO3.Hg/c1-5-3(4)6-2;/h1-2H3;/q+1;. The van der Waals surface area contributed by atoms with E-state index in [1.54, 1.807) is 0 Å². The Bertz CT molecular complexity index is 50.9. The van der Waals surface area contributed by atoms with Crippen LogP contribution in [0.2, 0.25) is 0 Å². The molecule has 0 amide bonds. The van der Waals surface area contributed by atoms with Crippen LogP contribution in [-0.2, 0) is 37.3 Å². The van der Waals surface area contributed by atoms with Crippen LogP contribution in [0.1, 0.15) is 0 Å². The first kappa shape index (κ1) is 10.2. The Morgan fingerprint density at radius 1 is 1.29 bits per heavy atom. The summed E-state index contributed by atoms with van der Waals surface area (Å²) < 4.78 is 0. The molecule has 0 aliphatic rings. The van der Waals surface area contributed by atoms with Crippen molar-refractivity contribution in [1.82, 2.24) is 0 Å². The molecule has 0 rings (SSSR count). The van der Waals surface area contributed by atoms with Crippen LogP contribution < -0.4 is 0 Å². The third kappa shape index (κ3) is 6.14. The van der Waals surface area contributed by atoms with Crippen LogP contribution in [0.5, 0.6) is 0 Å². The molecule has 38 valence electrons. The molecule has 0 radical (unpaired) electrons. The molecule has 0 aliphatic heterocycles. The maximum Gasteiger partial charge on any atom is 0.476 e. The van der Waals surface area contributed by atoms with Crippen molar-refractivity contribution in [2.75, 3.05) is 14.2 Å².